The molecule has 0 spiro atoms. The minimum atomic E-state index is -0.0668. The summed E-state index contributed by atoms with van der Waals surface area (Å²) in [6.07, 6.45) is 9.96. The molecule has 0 aromatic carbocycles. The van der Waals surface area contributed by atoms with Crippen LogP contribution in [0.1, 0.15) is 37.4 Å². The predicted molar refractivity (Wildman–Crippen MR) is 76.8 cm³/mol. The summed E-state index contributed by atoms with van der Waals surface area (Å²) in [4.78, 5) is 22.8. The maximum atomic E-state index is 11.5. The highest BCUT2D eigenvalue weighted by Gasteiger charge is 2.26. The first-order valence-electron chi connectivity index (χ1n) is 7.12. The summed E-state index contributed by atoms with van der Waals surface area (Å²) < 4.78 is 2.07. The van der Waals surface area contributed by atoms with Gasteiger partial charge in [-0.1, -0.05) is 0 Å². The third kappa shape index (κ3) is 3.46. The van der Waals surface area contributed by atoms with Crippen molar-refractivity contribution in [3.63, 3.8) is 0 Å². The molecule has 0 bridgehead atoms. The van der Waals surface area contributed by atoms with Gasteiger partial charge in [-0.25, -0.2) is 9.97 Å². The number of unbranched alkanes of at least 4 members (excludes halogenated alkanes) is 1. The Balaban J connectivity index is 1.45. The molecule has 1 aliphatic carbocycles. The van der Waals surface area contributed by atoms with Crippen LogP contribution in [0.15, 0.2) is 29.6 Å². The van der Waals surface area contributed by atoms with Crippen molar-refractivity contribution in [1.82, 2.24) is 19.5 Å². The van der Waals surface area contributed by atoms with E-state index in [1.807, 2.05) is 12.5 Å². The van der Waals surface area contributed by atoms with Crippen LogP contribution in [0.2, 0.25) is 0 Å². The summed E-state index contributed by atoms with van der Waals surface area (Å²) in [6.45, 7) is 1.80. The second-order valence-electron chi connectivity index (χ2n) is 5.22. The van der Waals surface area contributed by atoms with Gasteiger partial charge in [0.15, 0.2) is 0 Å². The van der Waals surface area contributed by atoms with Crippen molar-refractivity contribution >= 4 is 5.82 Å². The molecule has 2 N–H and O–H groups in total. The van der Waals surface area contributed by atoms with Gasteiger partial charge in [0, 0.05) is 37.5 Å². The smallest absolute Gasteiger partial charge is 0.252 e. The summed E-state index contributed by atoms with van der Waals surface area (Å²) >= 11 is 0. The molecule has 3 rings (SSSR count). The molecule has 1 saturated carbocycles. The van der Waals surface area contributed by atoms with Crippen molar-refractivity contribution in [3.05, 3.63) is 41.0 Å². The van der Waals surface area contributed by atoms with Crippen LogP contribution in [0.4, 0.5) is 5.82 Å². The van der Waals surface area contributed by atoms with Gasteiger partial charge in [-0.2, -0.15) is 0 Å². The standard InChI is InChI=1S/C14H19N5O/c20-13-9-12(17-14(18-13)11-3-4-11)16-5-1-2-7-19-8-6-15-10-19/h6,8-11H,1-5,7H2,(H2,16,17,18,20). The summed E-state index contributed by atoms with van der Waals surface area (Å²) in [5.41, 5.74) is -0.0668. The van der Waals surface area contributed by atoms with E-state index in [0.717, 1.165) is 44.6 Å². The van der Waals surface area contributed by atoms with Crippen molar-refractivity contribution < 1.29 is 0 Å². The topological polar surface area (TPSA) is 75.6 Å². The normalized spacial score (nSPS) is 14.4. The molecule has 6 heteroatoms. The Morgan fingerprint density at radius 2 is 2.30 bits per heavy atom. The van der Waals surface area contributed by atoms with Crippen molar-refractivity contribution in [2.75, 3.05) is 11.9 Å². The van der Waals surface area contributed by atoms with E-state index < -0.39 is 0 Å². The molecular weight excluding hydrogens is 254 g/mol. The van der Waals surface area contributed by atoms with E-state index >= 15 is 0 Å². The molecule has 2 heterocycles. The highest BCUT2D eigenvalue weighted by Crippen LogP contribution is 2.37. The van der Waals surface area contributed by atoms with Gasteiger partial charge < -0.3 is 14.9 Å². The molecule has 0 saturated heterocycles. The lowest BCUT2D eigenvalue weighted by Gasteiger charge is -2.07. The molecule has 0 unspecified atom stereocenters. The van der Waals surface area contributed by atoms with Crippen molar-refractivity contribution in [2.45, 2.75) is 38.1 Å². The van der Waals surface area contributed by atoms with Gasteiger partial charge in [0.25, 0.3) is 5.56 Å². The third-order valence-electron chi connectivity index (χ3n) is 3.43. The number of aromatic amines is 1. The average molecular weight is 273 g/mol. The number of imidazole rings is 1. The van der Waals surface area contributed by atoms with Gasteiger partial charge in [-0.15, -0.1) is 0 Å². The number of nitrogens with one attached hydrogen (secondary N) is 2. The monoisotopic (exact) mass is 273 g/mol. The largest absolute Gasteiger partial charge is 0.370 e. The van der Waals surface area contributed by atoms with E-state index in [1.165, 1.54) is 6.07 Å². The van der Waals surface area contributed by atoms with Crippen LogP contribution in [0.5, 0.6) is 0 Å². The quantitative estimate of drug-likeness (QED) is 0.753. The van der Waals surface area contributed by atoms with Crippen LogP contribution in [-0.4, -0.2) is 26.1 Å². The molecule has 6 nitrogen and oxygen atoms in total. The first-order valence-corrected chi connectivity index (χ1v) is 7.12. The van der Waals surface area contributed by atoms with Crippen LogP contribution < -0.4 is 10.9 Å². The van der Waals surface area contributed by atoms with Gasteiger partial charge in [-0.3, -0.25) is 4.79 Å². The summed E-state index contributed by atoms with van der Waals surface area (Å²) in [6, 6.07) is 1.53. The fourth-order valence-electron chi connectivity index (χ4n) is 2.17. The molecule has 0 radical (unpaired) electrons. The number of H-pyrrole nitrogens is 1. The number of hydrogen-bond acceptors (Lipinski definition) is 4. The minimum absolute atomic E-state index is 0.0668. The highest BCUT2D eigenvalue weighted by molar-refractivity contribution is 5.33. The predicted octanol–water partition coefficient (Wildman–Crippen LogP) is 1.74. The number of aromatic nitrogens is 4. The van der Waals surface area contributed by atoms with Gasteiger partial charge >= 0.3 is 0 Å². The Morgan fingerprint density at radius 3 is 3.05 bits per heavy atom. The number of rotatable bonds is 7. The zero-order valence-electron chi connectivity index (χ0n) is 11.4. The lowest BCUT2D eigenvalue weighted by Crippen LogP contribution is -2.14. The molecular formula is C14H19N5O. The Kier molecular flexibility index (Phi) is 3.80. The zero-order valence-corrected chi connectivity index (χ0v) is 11.4. The SMILES string of the molecule is O=c1cc(NCCCCn2ccnc2)nc(C2CC2)[nH]1. The molecule has 0 amide bonds. The average Bonchev–Trinajstić information content (AvgIpc) is 3.16. The van der Waals surface area contributed by atoms with Crippen LogP contribution in [0.3, 0.4) is 0 Å². The van der Waals surface area contributed by atoms with Crippen LogP contribution in [0, 0.1) is 0 Å². The zero-order chi connectivity index (χ0) is 13.8. The highest BCUT2D eigenvalue weighted by atomic mass is 16.1. The van der Waals surface area contributed by atoms with E-state index in [4.69, 9.17) is 0 Å². The van der Waals surface area contributed by atoms with Crippen LogP contribution in [0.25, 0.3) is 0 Å². The van der Waals surface area contributed by atoms with Crippen LogP contribution >= 0.6 is 0 Å². The van der Waals surface area contributed by atoms with Gasteiger partial charge in [-0.05, 0) is 25.7 Å². The molecule has 2 aromatic rings. The number of nitrogens with zero attached hydrogens (tertiary/aromatic N) is 3. The van der Waals surface area contributed by atoms with Gasteiger partial charge in [0.2, 0.25) is 0 Å². The summed E-state index contributed by atoms with van der Waals surface area (Å²) in [5.74, 6) is 1.99. The number of anilines is 1. The first-order chi connectivity index (χ1) is 9.81. The maximum Gasteiger partial charge on any atom is 0.252 e. The Hall–Kier alpha value is -2.11. The first kappa shape index (κ1) is 12.9. The molecule has 106 valence electrons. The lowest BCUT2D eigenvalue weighted by atomic mass is 10.3. The Bertz CT molecular complexity index is 600. The lowest BCUT2D eigenvalue weighted by molar-refractivity contribution is 0.620. The maximum absolute atomic E-state index is 11.5. The fraction of sp³-hybridized carbons (Fsp3) is 0.500. The Labute approximate surface area is 117 Å². The van der Waals surface area contributed by atoms with Crippen molar-refractivity contribution in [1.29, 1.82) is 0 Å². The molecule has 2 aromatic heterocycles. The molecule has 1 aliphatic rings. The summed E-state index contributed by atoms with van der Waals surface area (Å²) in [5, 5.41) is 3.23. The van der Waals surface area contributed by atoms with Crippen molar-refractivity contribution in [2.24, 2.45) is 0 Å². The number of aryl methyl sites for hydroxylation is 1. The molecule has 20 heavy (non-hydrogen) atoms. The summed E-state index contributed by atoms with van der Waals surface area (Å²) in [7, 11) is 0. The van der Waals surface area contributed by atoms with Gasteiger partial charge in [0.1, 0.15) is 11.6 Å². The molecule has 0 atom stereocenters. The molecule has 0 aliphatic heterocycles. The fourth-order valence-corrected chi connectivity index (χ4v) is 2.17. The number of hydrogen-bond donors (Lipinski definition) is 2. The van der Waals surface area contributed by atoms with Crippen molar-refractivity contribution in [3.8, 4) is 0 Å². The Morgan fingerprint density at radius 1 is 1.40 bits per heavy atom. The van der Waals surface area contributed by atoms with E-state index in [2.05, 4.69) is 24.8 Å². The third-order valence-corrected chi connectivity index (χ3v) is 3.43. The van der Waals surface area contributed by atoms with E-state index in [1.54, 1.807) is 6.20 Å². The second-order valence-corrected chi connectivity index (χ2v) is 5.22. The van der Waals surface area contributed by atoms with Crippen LogP contribution in [-0.2, 0) is 6.54 Å². The second kappa shape index (κ2) is 5.90. The minimum Gasteiger partial charge on any atom is -0.370 e. The molecule has 1 fully saturated rings. The van der Waals surface area contributed by atoms with E-state index in [-0.39, 0.29) is 5.56 Å². The van der Waals surface area contributed by atoms with E-state index in [9.17, 15) is 4.79 Å². The van der Waals surface area contributed by atoms with Gasteiger partial charge in [0.05, 0.1) is 6.33 Å². The van der Waals surface area contributed by atoms with E-state index in [0.29, 0.717) is 11.7 Å².